The second kappa shape index (κ2) is 9.08. The maximum atomic E-state index is 12.4. The van der Waals surface area contributed by atoms with E-state index in [2.05, 4.69) is 18.8 Å². The summed E-state index contributed by atoms with van der Waals surface area (Å²) < 4.78 is 0. The molecule has 4 heteroatoms. The third-order valence-corrected chi connectivity index (χ3v) is 3.25. The van der Waals surface area contributed by atoms with Gasteiger partial charge >= 0.3 is 5.97 Å². The summed E-state index contributed by atoms with van der Waals surface area (Å²) in [5.41, 5.74) is 1.82. The summed E-state index contributed by atoms with van der Waals surface area (Å²) in [7, 11) is 0. The third kappa shape index (κ3) is 5.92. The van der Waals surface area contributed by atoms with Crippen molar-refractivity contribution in [1.82, 2.24) is 5.32 Å². The van der Waals surface area contributed by atoms with E-state index >= 15 is 0 Å². The van der Waals surface area contributed by atoms with E-state index in [4.69, 9.17) is 5.11 Å². The number of nitrogens with one attached hydrogen (secondary N) is 1. The average molecular weight is 289 g/mol. The highest BCUT2D eigenvalue weighted by molar-refractivity contribution is 6.00. The van der Waals surface area contributed by atoms with E-state index in [1.807, 2.05) is 24.3 Å². The summed E-state index contributed by atoms with van der Waals surface area (Å²) in [6.45, 7) is 6.19. The quantitative estimate of drug-likeness (QED) is 0.513. The van der Waals surface area contributed by atoms with Crippen LogP contribution in [0.5, 0.6) is 0 Å². The highest BCUT2D eigenvalue weighted by atomic mass is 16.4. The molecule has 0 aliphatic heterocycles. The summed E-state index contributed by atoms with van der Waals surface area (Å²) in [6.07, 6.45) is 3.96. The molecule has 0 saturated carbocycles. The molecule has 1 aromatic rings. The number of hydrogen-bond donors (Lipinski definition) is 2. The first-order chi connectivity index (χ1) is 10.1. The molecule has 4 nitrogen and oxygen atoms in total. The van der Waals surface area contributed by atoms with Crippen molar-refractivity contribution in [1.29, 1.82) is 0 Å². The number of carbonyl (C=O) groups is 2. The standard InChI is InChI=1S/C17H23NO3/c1-3-5-13-6-8-14(9-7-13)17(21)15(18-12-4-2)10-11-16(19)20/h4,6-9,15,18H,2-3,5,10-12H2,1H3,(H,19,20). The van der Waals surface area contributed by atoms with Crippen LogP contribution in [0.4, 0.5) is 0 Å². The Morgan fingerprint density at radius 3 is 2.52 bits per heavy atom. The van der Waals surface area contributed by atoms with E-state index in [1.54, 1.807) is 6.08 Å². The lowest BCUT2D eigenvalue weighted by molar-refractivity contribution is -0.137. The maximum Gasteiger partial charge on any atom is 0.303 e. The average Bonchev–Trinajstić information content (AvgIpc) is 2.47. The molecule has 0 heterocycles. The Morgan fingerprint density at radius 1 is 1.33 bits per heavy atom. The number of carbonyl (C=O) groups excluding carboxylic acids is 1. The van der Waals surface area contributed by atoms with Gasteiger partial charge in [0.1, 0.15) is 0 Å². The van der Waals surface area contributed by atoms with Crippen molar-refractivity contribution in [2.75, 3.05) is 6.54 Å². The summed E-state index contributed by atoms with van der Waals surface area (Å²) >= 11 is 0. The molecule has 0 bridgehead atoms. The van der Waals surface area contributed by atoms with Gasteiger partial charge in [-0.3, -0.25) is 9.59 Å². The first-order valence-corrected chi connectivity index (χ1v) is 7.27. The van der Waals surface area contributed by atoms with Crippen molar-refractivity contribution in [3.63, 3.8) is 0 Å². The number of hydrogen-bond acceptors (Lipinski definition) is 3. The fraction of sp³-hybridized carbons (Fsp3) is 0.412. The number of aliphatic carboxylic acids is 1. The number of ketones is 1. The van der Waals surface area contributed by atoms with Gasteiger partial charge in [-0.05, 0) is 18.4 Å². The summed E-state index contributed by atoms with van der Waals surface area (Å²) in [5, 5.41) is 11.8. The number of aryl methyl sites for hydroxylation is 1. The van der Waals surface area contributed by atoms with E-state index in [1.165, 1.54) is 5.56 Å². The second-order valence-corrected chi connectivity index (χ2v) is 4.99. The van der Waals surface area contributed by atoms with Crippen molar-refractivity contribution in [2.45, 2.75) is 38.6 Å². The molecule has 0 aliphatic rings. The van der Waals surface area contributed by atoms with Gasteiger partial charge in [0.05, 0.1) is 6.04 Å². The minimum atomic E-state index is -0.897. The van der Waals surface area contributed by atoms with Crippen molar-refractivity contribution in [2.24, 2.45) is 0 Å². The monoisotopic (exact) mass is 289 g/mol. The Bertz CT molecular complexity index is 479. The van der Waals surface area contributed by atoms with E-state index in [0.717, 1.165) is 12.8 Å². The van der Waals surface area contributed by atoms with Crippen LogP contribution in [0.15, 0.2) is 36.9 Å². The summed E-state index contributed by atoms with van der Waals surface area (Å²) in [4.78, 5) is 23.1. The van der Waals surface area contributed by atoms with Crippen molar-refractivity contribution >= 4 is 11.8 Å². The molecule has 21 heavy (non-hydrogen) atoms. The van der Waals surface area contributed by atoms with Crippen molar-refractivity contribution in [3.8, 4) is 0 Å². The molecule has 2 N–H and O–H groups in total. The predicted octanol–water partition coefficient (Wildman–Crippen LogP) is 2.83. The molecule has 0 fully saturated rings. The van der Waals surface area contributed by atoms with Crippen LogP contribution in [0.25, 0.3) is 0 Å². The molecule has 1 unspecified atom stereocenters. The topological polar surface area (TPSA) is 66.4 Å². The van der Waals surface area contributed by atoms with Gasteiger partial charge in [0, 0.05) is 18.5 Å². The van der Waals surface area contributed by atoms with Crippen LogP contribution in [0.3, 0.4) is 0 Å². The molecule has 1 aromatic carbocycles. The maximum absolute atomic E-state index is 12.4. The first-order valence-electron chi connectivity index (χ1n) is 7.27. The lowest BCUT2D eigenvalue weighted by atomic mass is 9.98. The zero-order chi connectivity index (χ0) is 15.7. The van der Waals surface area contributed by atoms with Gasteiger partial charge in [0.15, 0.2) is 5.78 Å². The fourth-order valence-electron chi connectivity index (χ4n) is 2.14. The van der Waals surface area contributed by atoms with E-state index in [-0.39, 0.29) is 18.6 Å². The molecule has 0 radical (unpaired) electrons. The fourth-order valence-corrected chi connectivity index (χ4v) is 2.14. The van der Waals surface area contributed by atoms with E-state index < -0.39 is 12.0 Å². The molecule has 1 rings (SSSR count). The highest BCUT2D eigenvalue weighted by Gasteiger charge is 2.20. The minimum Gasteiger partial charge on any atom is -0.481 e. The van der Waals surface area contributed by atoms with Gasteiger partial charge in [-0.25, -0.2) is 0 Å². The predicted molar refractivity (Wildman–Crippen MR) is 83.6 cm³/mol. The lowest BCUT2D eigenvalue weighted by Crippen LogP contribution is -2.37. The molecule has 1 atom stereocenters. The van der Waals surface area contributed by atoms with Gasteiger partial charge in [0.25, 0.3) is 0 Å². The van der Waals surface area contributed by atoms with Crippen LogP contribution >= 0.6 is 0 Å². The number of carboxylic acid groups (broad SMARTS) is 1. The van der Waals surface area contributed by atoms with Gasteiger partial charge in [-0.15, -0.1) is 6.58 Å². The van der Waals surface area contributed by atoms with Crippen LogP contribution in [-0.2, 0) is 11.2 Å². The number of Topliss-reactive ketones (excluding diaryl/α,β-unsaturated/α-hetero) is 1. The number of carboxylic acids is 1. The Labute approximate surface area is 125 Å². The Hall–Kier alpha value is -1.94. The molecule has 0 aromatic heterocycles. The van der Waals surface area contributed by atoms with E-state index in [9.17, 15) is 9.59 Å². The van der Waals surface area contributed by atoms with Crippen LogP contribution in [0.2, 0.25) is 0 Å². The third-order valence-electron chi connectivity index (χ3n) is 3.25. The van der Waals surface area contributed by atoms with Crippen molar-refractivity contribution in [3.05, 3.63) is 48.0 Å². The largest absolute Gasteiger partial charge is 0.481 e. The summed E-state index contributed by atoms with van der Waals surface area (Å²) in [5.74, 6) is -0.965. The second-order valence-electron chi connectivity index (χ2n) is 4.99. The zero-order valence-electron chi connectivity index (χ0n) is 12.5. The lowest BCUT2D eigenvalue weighted by Gasteiger charge is -2.16. The van der Waals surface area contributed by atoms with Gasteiger partial charge in [0.2, 0.25) is 0 Å². The molecular formula is C17H23NO3. The first kappa shape index (κ1) is 17.1. The summed E-state index contributed by atoms with van der Waals surface area (Å²) in [6, 6.07) is 7.06. The highest BCUT2D eigenvalue weighted by Crippen LogP contribution is 2.11. The number of benzene rings is 1. The molecular weight excluding hydrogens is 266 g/mol. The normalized spacial score (nSPS) is 11.9. The SMILES string of the molecule is C=CCNC(CCC(=O)O)C(=O)c1ccc(CCC)cc1. The van der Waals surface area contributed by atoms with E-state index in [0.29, 0.717) is 12.1 Å². The van der Waals surface area contributed by atoms with Crippen LogP contribution in [0, 0.1) is 0 Å². The van der Waals surface area contributed by atoms with Crippen LogP contribution < -0.4 is 5.32 Å². The van der Waals surface area contributed by atoms with Crippen molar-refractivity contribution < 1.29 is 14.7 Å². The Morgan fingerprint density at radius 2 is 2.00 bits per heavy atom. The smallest absolute Gasteiger partial charge is 0.303 e. The molecule has 114 valence electrons. The van der Waals surface area contributed by atoms with Gasteiger partial charge < -0.3 is 10.4 Å². The van der Waals surface area contributed by atoms with Gasteiger partial charge in [-0.2, -0.15) is 0 Å². The Balaban J connectivity index is 2.77. The Kier molecular flexibility index (Phi) is 7.40. The van der Waals surface area contributed by atoms with Gasteiger partial charge in [-0.1, -0.05) is 43.7 Å². The zero-order valence-corrected chi connectivity index (χ0v) is 12.5. The van der Waals surface area contributed by atoms with Crippen LogP contribution in [-0.4, -0.2) is 29.4 Å². The van der Waals surface area contributed by atoms with Crippen LogP contribution in [0.1, 0.15) is 42.1 Å². The molecule has 0 aliphatic carbocycles. The molecule has 0 spiro atoms. The molecule has 0 amide bonds. The minimum absolute atomic E-state index is 0.0333. The number of rotatable bonds is 10. The molecule has 0 saturated heterocycles.